The lowest BCUT2D eigenvalue weighted by atomic mass is 10.1. The first kappa shape index (κ1) is 43.2. The van der Waals surface area contributed by atoms with Crippen LogP contribution < -0.4 is 32.1 Å². The van der Waals surface area contributed by atoms with Crippen molar-refractivity contribution in [3.05, 3.63) is 52.1 Å². The number of methoxy groups -OCH3 is 1. The van der Waals surface area contributed by atoms with Crippen molar-refractivity contribution in [2.45, 2.75) is 76.9 Å². The second kappa shape index (κ2) is 19.4. The molecule has 0 aliphatic heterocycles. The Kier molecular flexibility index (Phi) is 14.9. The number of nitrogens with zero attached hydrogens (tertiary/aromatic N) is 4. The largest absolute Gasteiger partial charge is 0.471 e. The fourth-order valence-corrected chi connectivity index (χ4v) is 5.65. The van der Waals surface area contributed by atoms with E-state index in [4.69, 9.17) is 19.9 Å². The third kappa shape index (κ3) is 11.7. The van der Waals surface area contributed by atoms with Crippen molar-refractivity contribution in [3.63, 3.8) is 0 Å². The van der Waals surface area contributed by atoms with E-state index in [0.29, 0.717) is 18.1 Å². The number of carbonyl (C=O) groups is 5. The van der Waals surface area contributed by atoms with Crippen LogP contribution in [0.25, 0.3) is 11.2 Å². The molecule has 21 heteroatoms. The third-order valence-corrected chi connectivity index (χ3v) is 8.57. The zero-order chi connectivity index (χ0) is 41.0. The average Bonchev–Trinajstić information content (AvgIpc) is 3.64. The summed E-state index contributed by atoms with van der Waals surface area (Å²) in [5, 5.41) is 7.56. The van der Waals surface area contributed by atoms with Crippen molar-refractivity contribution in [2.75, 3.05) is 43.6 Å². The molecule has 1 aliphatic rings. The number of fused-ring (bicyclic) bond motifs is 1. The number of anilines is 2. The Morgan fingerprint density at radius 3 is 2.34 bits per heavy atom. The topological polar surface area (TPSA) is 250 Å². The van der Waals surface area contributed by atoms with Gasteiger partial charge in [-0.15, -0.1) is 0 Å². The number of carbonyl (C=O) groups excluding carboxylic acids is 5. The number of hydrogen-bond acceptors (Lipinski definition) is 13. The smallest absolute Gasteiger partial charge is 0.467 e. The molecule has 1 fully saturated rings. The normalized spacial score (nSPS) is 14.3. The van der Waals surface area contributed by atoms with E-state index in [0.717, 1.165) is 63.3 Å². The van der Waals surface area contributed by atoms with Crippen molar-refractivity contribution in [1.82, 2.24) is 30.6 Å². The number of aromatic nitrogens is 4. The molecule has 56 heavy (non-hydrogen) atoms. The molecule has 1 atom stereocenters. The Morgan fingerprint density at radius 1 is 1.04 bits per heavy atom. The lowest BCUT2D eigenvalue weighted by Crippen LogP contribution is -2.43. The van der Waals surface area contributed by atoms with Crippen LogP contribution in [0.5, 0.6) is 0 Å². The number of nitrogens with one attached hydrogen (secondary N) is 4. The fourth-order valence-electron chi connectivity index (χ4n) is 5.65. The summed E-state index contributed by atoms with van der Waals surface area (Å²) >= 11 is 0. The Hall–Kier alpha value is -5.54. The van der Waals surface area contributed by atoms with E-state index >= 15 is 0 Å². The van der Waals surface area contributed by atoms with Gasteiger partial charge in [0, 0.05) is 49.5 Å². The molecule has 6 N–H and O–H groups in total. The van der Waals surface area contributed by atoms with Crippen LogP contribution in [0.4, 0.5) is 24.8 Å². The molecule has 4 amide bonds. The first-order chi connectivity index (χ1) is 26.6. The number of aromatic amines is 1. The van der Waals surface area contributed by atoms with Crippen LogP contribution >= 0.6 is 0 Å². The van der Waals surface area contributed by atoms with E-state index in [1.807, 2.05) is 0 Å². The highest BCUT2D eigenvalue weighted by molar-refractivity contribution is 5.99. The summed E-state index contributed by atoms with van der Waals surface area (Å²) in [7, 11) is 1.10. The number of halogens is 3. The number of rotatable bonds is 18. The van der Waals surface area contributed by atoms with Crippen molar-refractivity contribution in [1.29, 1.82) is 0 Å². The average molecular weight is 792 g/mol. The van der Waals surface area contributed by atoms with Gasteiger partial charge in [-0.05, 0) is 43.5 Å². The maximum atomic E-state index is 13.7. The molecule has 0 unspecified atom stereocenters. The van der Waals surface area contributed by atoms with Gasteiger partial charge >= 0.3 is 18.1 Å². The number of H-pyrrole nitrogens is 1. The van der Waals surface area contributed by atoms with Crippen LogP contribution in [0.15, 0.2) is 35.3 Å². The van der Waals surface area contributed by atoms with E-state index in [1.54, 1.807) is 13.8 Å². The summed E-state index contributed by atoms with van der Waals surface area (Å²) in [5.74, 6) is -6.14. The Bertz CT molecular complexity index is 1940. The van der Waals surface area contributed by atoms with Gasteiger partial charge in [-0.3, -0.25) is 39.2 Å². The van der Waals surface area contributed by atoms with Gasteiger partial charge in [-0.25, -0.2) is 14.8 Å². The lowest BCUT2D eigenvalue weighted by molar-refractivity contribution is -0.230. The van der Waals surface area contributed by atoms with Crippen LogP contribution in [0, 0.1) is 5.92 Å². The first-order valence-electron chi connectivity index (χ1n) is 17.7. The van der Waals surface area contributed by atoms with Crippen molar-refractivity contribution in [2.24, 2.45) is 11.7 Å². The number of ether oxygens (including phenoxy) is 3. The maximum Gasteiger partial charge on any atom is 0.471 e. The summed E-state index contributed by atoms with van der Waals surface area (Å²) in [4.78, 5) is 90.0. The number of alkyl halides is 3. The number of hydrogen-bond donors (Lipinski definition) is 5. The maximum absolute atomic E-state index is 13.7. The van der Waals surface area contributed by atoms with E-state index in [9.17, 15) is 41.9 Å². The van der Waals surface area contributed by atoms with Crippen LogP contribution in [0.3, 0.4) is 0 Å². The highest BCUT2D eigenvalue weighted by atomic mass is 19.4. The minimum absolute atomic E-state index is 0.0928. The fraction of sp³-hybridized carbons (Fsp3) is 0.514. The highest BCUT2D eigenvalue weighted by Crippen LogP contribution is 2.34. The van der Waals surface area contributed by atoms with Crippen molar-refractivity contribution in [3.8, 4) is 0 Å². The Balaban J connectivity index is 1.40. The van der Waals surface area contributed by atoms with Crippen LogP contribution in [0.1, 0.15) is 68.4 Å². The first-order valence-corrected chi connectivity index (χ1v) is 17.7. The molecule has 0 saturated heterocycles. The SMILES string of the molecule is COC(=O)[C@H](CCC(=O)NCCOC1(OCCN)CCCC1)NC(=O)c1ccc(N(Cc2cnc3nc(NC(=O)C(C)C)[nH]c(=O)c3n2)C(=O)C(F)(F)F)cc1. The number of amides is 4. The summed E-state index contributed by atoms with van der Waals surface area (Å²) < 4.78 is 57.7. The summed E-state index contributed by atoms with van der Waals surface area (Å²) in [6.07, 6.45) is -1.27. The predicted octanol–water partition coefficient (Wildman–Crippen LogP) is 1.83. The van der Waals surface area contributed by atoms with E-state index < -0.39 is 65.6 Å². The monoisotopic (exact) mass is 791 g/mol. The van der Waals surface area contributed by atoms with Gasteiger partial charge in [0.15, 0.2) is 17.0 Å². The summed E-state index contributed by atoms with van der Waals surface area (Å²) in [5.41, 5.74) is 3.54. The minimum atomic E-state index is -5.33. The second-order valence-corrected chi connectivity index (χ2v) is 13.1. The minimum Gasteiger partial charge on any atom is -0.467 e. The van der Waals surface area contributed by atoms with E-state index in [2.05, 4.69) is 35.9 Å². The lowest BCUT2D eigenvalue weighted by Gasteiger charge is -2.29. The van der Waals surface area contributed by atoms with Gasteiger partial charge < -0.3 is 30.6 Å². The molecule has 4 rings (SSSR count). The van der Waals surface area contributed by atoms with Crippen molar-refractivity contribution >= 4 is 52.4 Å². The van der Waals surface area contributed by atoms with Gasteiger partial charge in [0.25, 0.3) is 11.5 Å². The molecule has 1 aliphatic carbocycles. The van der Waals surface area contributed by atoms with Crippen LogP contribution in [-0.2, 0) is 39.9 Å². The Labute approximate surface area is 318 Å². The Morgan fingerprint density at radius 2 is 1.71 bits per heavy atom. The van der Waals surface area contributed by atoms with E-state index in [-0.39, 0.29) is 60.1 Å². The standard InChI is InChI=1S/C35H44F3N9O9/c1-20(2)28(49)45-33-44-27-26(30(51)46-33)42-22(18-41-27)19-47(32(53)35(36,37)38)23-8-6-21(7-9-23)29(50)43-24(31(52)54-3)10-11-25(48)40-15-17-56-34(55-16-14-39)12-4-5-13-34/h6-9,18,20,24H,4-5,10-17,19,39H2,1-3H3,(H,40,48)(H,43,50)(H2,41,44,45,46,49,51)/t24-/m0/s1. The van der Waals surface area contributed by atoms with Crippen LogP contribution in [0.2, 0.25) is 0 Å². The quantitative estimate of drug-likeness (QED) is 0.0702. The molecular weight excluding hydrogens is 747 g/mol. The number of nitrogens with two attached hydrogens (primary N) is 1. The van der Waals surface area contributed by atoms with Gasteiger partial charge in [-0.2, -0.15) is 18.2 Å². The predicted molar refractivity (Wildman–Crippen MR) is 193 cm³/mol. The molecule has 2 heterocycles. The molecule has 0 bridgehead atoms. The van der Waals surface area contributed by atoms with Crippen LogP contribution in [-0.4, -0.2) is 101 Å². The highest BCUT2D eigenvalue weighted by Gasteiger charge is 2.43. The van der Waals surface area contributed by atoms with Gasteiger partial charge in [0.05, 0.1) is 38.8 Å². The zero-order valence-corrected chi connectivity index (χ0v) is 31.0. The van der Waals surface area contributed by atoms with Gasteiger partial charge in [-0.1, -0.05) is 13.8 Å². The van der Waals surface area contributed by atoms with E-state index in [1.165, 1.54) is 0 Å². The summed E-state index contributed by atoms with van der Waals surface area (Å²) in [6.45, 7) is 3.51. The molecule has 304 valence electrons. The van der Waals surface area contributed by atoms with Gasteiger partial charge in [0.2, 0.25) is 17.8 Å². The molecule has 0 radical (unpaired) electrons. The summed E-state index contributed by atoms with van der Waals surface area (Å²) in [6, 6.07) is 3.15. The molecule has 2 aromatic heterocycles. The number of benzene rings is 1. The molecule has 0 spiro atoms. The molecule has 3 aromatic rings. The molecular formula is C35H44F3N9O9. The second-order valence-electron chi connectivity index (χ2n) is 13.1. The molecule has 1 aromatic carbocycles. The van der Waals surface area contributed by atoms with Crippen molar-refractivity contribution < 1.29 is 51.4 Å². The zero-order valence-electron chi connectivity index (χ0n) is 31.0. The van der Waals surface area contributed by atoms with Gasteiger partial charge in [0.1, 0.15) is 6.04 Å². The molecule has 18 nitrogen and oxygen atoms in total. The number of esters is 1. The molecule has 1 saturated carbocycles. The third-order valence-electron chi connectivity index (χ3n) is 8.57.